The molecule has 16 heavy (non-hydrogen) atoms. The quantitative estimate of drug-likeness (QED) is 0.673. The molecule has 1 unspecified atom stereocenters. The highest BCUT2D eigenvalue weighted by Crippen LogP contribution is 2.29. The third-order valence-electron chi connectivity index (χ3n) is 3.07. The molecule has 0 aromatic heterocycles. The van der Waals surface area contributed by atoms with Crippen molar-refractivity contribution >= 4 is 23.6 Å². The van der Waals surface area contributed by atoms with Gasteiger partial charge in [0.2, 0.25) is 5.91 Å². The highest BCUT2D eigenvalue weighted by atomic mass is 32.2. The lowest BCUT2D eigenvalue weighted by Gasteiger charge is -2.30. The predicted octanol–water partition coefficient (Wildman–Crippen LogP) is 1.75. The van der Waals surface area contributed by atoms with Crippen LogP contribution in [-0.2, 0) is 9.59 Å². The van der Waals surface area contributed by atoms with E-state index in [0.29, 0.717) is 6.54 Å². The monoisotopic (exact) mass is 247 g/mol. The minimum Gasteiger partial charge on any atom is -0.481 e. The Morgan fingerprint density at radius 3 is 2.19 bits per heavy atom. The SMILES string of the molecule is CCC(CC)(CNC(=O)C(C)C(=O)O)SC. The number of rotatable bonds is 7. The average molecular weight is 247 g/mol. The summed E-state index contributed by atoms with van der Waals surface area (Å²) in [6.07, 6.45) is 3.92. The normalized spacial score (nSPS) is 13.2. The molecule has 0 saturated heterocycles. The molecule has 0 bridgehead atoms. The Morgan fingerprint density at radius 2 is 1.88 bits per heavy atom. The Morgan fingerprint density at radius 1 is 1.38 bits per heavy atom. The second-order valence-corrected chi connectivity index (χ2v) is 5.15. The van der Waals surface area contributed by atoms with Crippen LogP contribution in [0.25, 0.3) is 0 Å². The number of hydrogen-bond donors (Lipinski definition) is 2. The number of aliphatic carboxylic acids is 1. The maximum absolute atomic E-state index is 11.5. The molecule has 0 aromatic carbocycles. The van der Waals surface area contributed by atoms with Crippen molar-refractivity contribution in [1.29, 1.82) is 0 Å². The molecule has 0 rings (SSSR count). The van der Waals surface area contributed by atoms with Crippen LogP contribution >= 0.6 is 11.8 Å². The van der Waals surface area contributed by atoms with E-state index in [0.717, 1.165) is 12.8 Å². The van der Waals surface area contributed by atoms with Crippen LogP contribution in [0.1, 0.15) is 33.6 Å². The molecule has 0 aromatic rings. The van der Waals surface area contributed by atoms with Gasteiger partial charge in [-0.25, -0.2) is 0 Å². The highest BCUT2D eigenvalue weighted by Gasteiger charge is 2.27. The molecule has 0 saturated carbocycles. The summed E-state index contributed by atoms with van der Waals surface area (Å²) in [5, 5.41) is 11.4. The first kappa shape index (κ1) is 15.3. The first-order chi connectivity index (χ1) is 7.42. The van der Waals surface area contributed by atoms with Gasteiger partial charge in [0.15, 0.2) is 0 Å². The molecule has 0 spiro atoms. The number of carbonyl (C=O) groups is 2. The molecule has 5 heteroatoms. The zero-order chi connectivity index (χ0) is 12.8. The molecule has 0 aliphatic heterocycles. The first-order valence-electron chi connectivity index (χ1n) is 5.48. The lowest BCUT2D eigenvalue weighted by Crippen LogP contribution is -2.43. The van der Waals surface area contributed by atoms with Crippen LogP contribution < -0.4 is 5.32 Å². The number of hydrogen-bond acceptors (Lipinski definition) is 3. The van der Waals surface area contributed by atoms with E-state index in [1.807, 2.05) is 6.26 Å². The fourth-order valence-corrected chi connectivity index (χ4v) is 2.17. The summed E-state index contributed by atoms with van der Waals surface area (Å²) in [7, 11) is 0. The van der Waals surface area contributed by atoms with Crippen LogP contribution in [0.4, 0.5) is 0 Å². The molecule has 0 aliphatic rings. The van der Waals surface area contributed by atoms with Crippen molar-refractivity contribution in [1.82, 2.24) is 5.32 Å². The van der Waals surface area contributed by atoms with E-state index in [1.165, 1.54) is 6.92 Å². The van der Waals surface area contributed by atoms with Crippen molar-refractivity contribution in [3.63, 3.8) is 0 Å². The topological polar surface area (TPSA) is 66.4 Å². The summed E-state index contributed by atoms with van der Waals surface area (Å²) in [5.41, 5.74) is 0. The zero-order valence-corrected chi connectivity index (χ0v) is 11.2. The van der Waals surface area contributed by atoms with Gasteiger partial charge in [-0.05, 0) is 26.0 Å². The Bertz CT molecular complexity index is 243. The minimum absolute atomic E-state index is 0.0217. The third-order valence-corrected chi connectivity index (χ3v) is 4.66. The molecule has 0 radical (unpaired) electrons. The van der Waals surface area contributed by atoms with Gasteiger partial charge >= 0.3 is 5.97 Å². The fraction of sp³-hybridized carbons (Fsp3) is 0.818. The summed E-state index contributed by atoms with van der Waals surface area (Å²) in [5.74, 6) is -2.47. The number of carbonyl (C=O) groups excluding carboxylic acids is 1. The van der Waals surface area contributed by atoms with E-state index >= 15 is 0 Å². The molecule has 4 nitrogen and oxygen atoms in total. The van der Waals surface area contributed by atoms with Gasteiger partial charge in [-0.15, -0.1) is 0 Å². The second-order valence-electron chi connectivity index (χ2n) is 3.87. The van der Waals surface area contributed by atoms with Gasteiger partial charge in [0.25, 0.3) is 0 Å². The van der Waals surface area contributed by atoms with Crippen molar-refractivity contribution in [2.24, 2.45) is 5.92 Å². The summed E-state index contributed by atoms with van der Waals surface area (Å²) in [4.78, 5) is 22.1. The summed E-state index contributed by atoms with van der Waals surface area (Å²) in [6, 6.07) is 0. The largest absolute Gasteiger partial charge is 0.481 e. The maximum atomic E-state index is 11.5. The van der Waals surface area contributed by atoms with Gasteiger partial charge in [0.05, 0.1) is 0 Å². The third kappa shape index (κ3) is 4.04. The Hall–Kier alpha value is -0.710. The average Bonchev–Trinajstić information content (AvgIpc) is 2.30. The van der Waals surface area contributed by atoms with Crippen LogP contribution in [0.3, 0.4) is 0 Å². The van der Waals surface area contributed by atoms with Crippen LogP contribution in [0, 0.1) is 5.92 Å². The first-order valence-corrected chi connectivity index (χ1v) is 6.70. The lowest BCUT2D eigenvalue weighted by atomic mass is 10.0. The maximum Gasteiger partial charge on any atom is 0.315 e. The van der Waals surface area contributed by atoms with Crippen molar-refractivity contribution in [2.45, 2.75) is 38.4 Å². The van der Waals surface area contributed by atoms with Gasteiger partial charge < -0.3 is 10.4 Å². The summed E-state index contributed by atoms with van der Waals surface area (Å²) >= 11 is 1.72. The van der Waals surface area contributed by atoms with Gasteiger partial charge in [0, 0.05) is 11.3 Å². The van der Waals surface area contributed by atoms with E-state index in [9.17, 15) is 9.59 Å². The molecule has 1 amide bonds. The lowest BCUT2D eigenvalue weighted by molar-refractivity contribution is -0.146. The summed E-state index contributed by atoms with van der Waals surface area (Å²) < 4.78 is 0.0217. The van der Waals surface area contributed by atoms with Crippen LogP contribution in [0.5, 0.6) is 0 Å². The number of thioether (sulfide) groups is 1. The molecular formula is C11H21NO3S. The Balaban J connectivity index is 4.32. The Kier molecular flexibility index (Phi) is 6.48. The smallest absolute Gasteiger partial charge is 0.315 e. The fourth-order valence-electron chi connectivity index (χ4n) is 1.37. The van der Waals surface area contributed by atoms with Crippen LogP contribution in [0.2, 0.25) is 0 Å². The minimum atomic E-state index is -1.08. The van der Waals surface area contributed by atoms with Crippen molar-refractivity contribution in [2.75, 3.05) is 12.8 Å². The number of carboxylic acids is 1. The number of carboxylic acid groups (broad SMARTS) is 1. The predicted molar refractivity (Wildman–Crippen MR) is 66.6 cm³/mol. The molecular weight excluding hydrogens is 226 g/mol. The van der Waals surface area contributed by atoms with Gasteiger partial charge in [-0.3, -0.25) is 9.59 Å². The van der Waals surface area contributed by atoms with E-state index < -0.39 is 17.8 Å². The number of amides is 1. The van der Waals surface area contributed by atoms with E-state index in [1.54, 1.807) is 11.8 Å². The molecule has 0 aliphatic carbocycles. The zero-order valence-electron chi connectivity index (χ0n) is 10.4. The van der Waals surface area contributed by atoms with Gasteiger partial charge in [-0.2, -0.15) is 11.8 Å². The van der Waals surface area contributed by atoms with Gasteiger partial charge in [-0.1, -0.05) is 13.8 Å². The standard InChI is InChI=1S/C11H21NO3S/c1-5-11(6-2,16-4)7-12-9(13)8(3)10(14)15/h8H,5-7H2,1-4H3,(H,12,13)(H,14,15). The molecule has 94 valence electrons. The van der Waals surface area contributed by atoms with Crippen molar-refractivity contribution < 1.29 is 14.7 Å². The van der Waals surface area contributed by atoms with E-state index in [4.69, 9.17) is 5.11 Å². The van der Waals surface area contributed by atoms with E-state index in [2.05, 4.69) is 19.2 Å². The van der Waals surface area contributed by atoms with Crippen molar-refractivity contribution in [3.05, 3.63) is 0 Å². The van der Waals surface area contributed by atoms with Gasteiger partial charge in [0.1, 0.15) is 5.92 Å². The Labute approximate surface area is 101 Å². The molecule has 1 atom stereocenters. The molecule has 0 heterocycles. The second kappa shape index (κ2) is 6.78. The number of nitrogens with one attached hydrogen (secondary N) is 1. The van der Waals surface area contributed by atoms with Crippen LogP contribution in [-0.4, -0.2) is 34.5 Å². The van der Waals surface area contributed by atoms with Crippen LogP contribution in [0.15, 0.2) is 0 Å². The molecule has 2 N–H and O–H groups in total. The van der Waals surface area contributed by atoms with Crippen molar-refractivity contribution in [3.8, 4) is 0 Å². The summed E-state index contributed by atoms with van der Waals surface area (Å²) in [6.45, 7) is 6.08. The van der Waals surface area contributed by atoms with E-state index in [-0.39, 0.29) is 4.75 Å². The highest BCUT2D eigenvalue weighted by molar-refractivity contribution is 8.00. The molecule has 0 fully saturated rings.